The topological polar surface area (TPSA) is 9.23 Å². The van der Waals surface area contributed by atoms with E-state index < -0.39 is 18.5 Å². The van der Waals surface area contributed by atoms with Crippen LogP contribution in [0.1, 0.15) is 6.42 Å². The Morgan fingerprint density at radius 3 is 2.17 bits per heavy atom. The molecule has 0 atom stereocenters. The number of rotatable bonds is 5. The number of halogens is 5. The molecule has 0 saturated heterocycles. The molecular formula is C6H7BrF4O. The van der Waals surface area contributed by atoms with Crippen molar-refractivity contribution in [3.8, 4) is 0 Å². The smallest absolute Gasteiger partial charge is 0.437 e. The maximum atomic E-state index is 12.4. The van der Waals surface area contributed by atoms with E-state index in [1.54, 1.807) is 0 Å². The summed E-state index contributed by atoms with van der Waals surface area (Å²) in [6.07, 6.45) is -5.18. The van der Waals surface area contributed by atoms with Gasteiger partial charge in [0, 0.05) is 11.8 Å². The Bertz CT molecular complexity index is 160. The third-order valence-electron chi connectivity index (χ3n) is 1.07. The van der Waals surface area contributed by atoms with Gasteiger partial charge < -0.3 is 4.74 Å². The lowest BCUT2D eigenvalue weighted by molar-refractivity contribution is -0.326. The predicted molar refractivity (Wildman–Crippen MR) is 39.6 cm³/mol. The van der Waals surface area contributed by atoms with Crippen LogP contribution in [-0.4, -0.2) is 17.4 Å². The molecule has 0 N–H and O–H groups in total. The molecule has 6 heteroatoms. The van der Waals surface area contributed by atoms with Gasteiger partial charge in [0.15, 0.2) is 0 Å². The van der Waals surface area contributed by atoms with Gasteiger partial charge in [0.05, 0.1) is 6.26 Å². The quantitative estimate of drug-likeness (QED) is 0.414. The molecular weight excluding hydrogens is 244 g/mol. The fourth-order valence-corrected chi connectivity index (χ4v) is 0.953. The van der Waals surface area contributed by atoms with Crippen LogP contribution in [0.2, 0.25) is 0 Å². The number of hydrogen-bond acceptors (Lipinski definition) is 1. The molecule has 0 aliphatic rings. The first-order chi connectivity index (χ1) is 5.37. The van der Waals surface area contributed by atoms with Gasteiger partial charge in [-0.3, -0.25) is 0 Å². The molecule has 0 bridgehead atoms. The maximum absolute atomic E-state index is 12.4. The molecule has 0 aromatic rings. The van der Waals surface area contributed by atoms with E-state index in [1.165, 1.54) is 0 Å². The van der Waals surface area contributed by atoms with E-state index in [-0.39, 0.29) is 5.33 Å². The first kappa shape index (κ1) is 11.7. The van der Waals surface area contributed by atoms with Crippen molar-refractivity contribution in [2.45, 2.75) is 18.5 Å². The molecule has 0 fully saturated rings. The minimum absolute atomic E-state index is 0.226. The van der Waals surface area contributed by atoms with Crippen LogP contribution in [0.25, 0.3) is 0 Å². The highest BCUT2D eigenvalue weighted by Gasteiger charge is 2.57. The Balaban J connectivity index is 4.38. The first-order valence-corrected chi connectivity index (χ1v) is 4.10. The molecule has 0 heterocycles. The van der Waals surface area contributed by atoms with Crippen LogP contribution >= 0.6 is 15.9 Å². The van der Waals surface area contributed by atoms with Gasteiger partial charge in [-0.2, -0.15) is 17.6 Å². The summed E-state index contributed by atoms with van der Waals surface area (Å²) in [5.41, 5.74) is 0. The van der Waals surface area contributed by atoms with Gasteiger partial charge in [-0.1, -0.05) is 22.5 Å². The Morgan fingerprint density at radius 2 is 1.83 bits per heavy atom. The van der Waals surface area contributed by atoms with Crippen LogP contribution in [0.5, 0.6) is 0 Å². The molecule has 0 aliphatic carbocycles. The molecule has 0 aromatic carbocycles. The molecule has 0 rings (SSSR count). The molecule has 0 aromatic heterocycles. The Hall–Kier alpha value is -0.260. The largest absolute Gasteiger partial charge is 0.463 e. The van der Waals surface area contributed by atoms with Gasteiger partial charge in [-0.05, 0) is 0 Å². The zero-order valence-corrected chi connectivity index (χ0v) is 7.58. The fourth-order valence-electron chi connectivity index (χ4n) is 0.455. The first-order valence-electron chi connectivity index (χ1n) is 2.97. The van der Waals surface area contributed by atoms with Gasteiger partial charge in [-0.15, -0.1) is 0 Å². The summed E-state index contributed by atoms with van der Waals surface area (Å²) in [5.74, 6) is -4.18. The molecule has 0 spiro atoms. The minimum Gasteiger partial charge on any atom is -0.437 e. The van der Waals surface area contributed by atoms with E-state index in [0.717, 1.165) is 0 Å². The van der Waals surface area contributed by atoms with Gasteiger partial charge in [-0.25, -0.2) is 0 Å². The number of hydrogen-bond donors (Lipinski definition) is 0. The zero-order chi connectivity index (χ0) is 9.83. The zero-order valence-electron chi connectivity index (χ0n) is 6.00. The van der Waals surface area contributed by atoms with E-state index in [1.807, 2.05) is 0 Å². The lowest BCUT2D eigenvalue weighted by Crippen LogP contribution is -2.41. The second-order valence-corrected chi connectivity index (χ2v) is 2.74. The highest BCUT2D eigenvalue weighted by atomic mass is 79.9. The SMILES string of the molecule is C=COC(F)(F)C(F)(F)CCBr. The van der Waals surface area contributed by atoms with Crippen molar-refractivity contribution in [1.29, 1.82) is 0 Å². The summed E-state index contributed by atoms with van der Waals surface area (Å²) < 4.78 is 52.9. The molecule has 0 unspecified atom stereocenters. The van der Waals surface area contributed by atoms with Crippen LogP contribution in [0, 0.1) is 0 Å². The summed E-state index contributed by atoms with van der Waals surface area (Å²) in [7, 11) is 0. The van der Waals surface area contributed by atoms with Crippen molar-refractivity contribution in [2.24, 2.45) is 0 Å². The average molecular weight is 251 g/mol. The van der Waals surface area contributed by atoms with Crippen LogP contribution < -0.4 is 0 Å². The third kappa shape index (κ3) is 2.66. The van der Waals surface area contributed by atoms with Crippen molar-refractivity contribution < 1.29 is 22.3 Å². The number of alkyl halides is 5. The van der Waals surface area contributed by atoms with E-state index in [2.05, 4.69) is 27.2 Å². The summed E-state index contributed by atoms with van der Waals surface area (Å²) >= 11 is 2.63. The van der Waals surface area contributed by atoms with Gasteiger partial charge in [0.25, 0.3) is 0 Å². The maximum Gasteiger partial charge on any atom is 0.463 e. The van der Waals surface area contributed by atoms with E-state index in [9.17, 15) is 17.6 Å². The highest BCUT2D eigenvalue weighted by Crippen LogP contribution is 2.38. The summed E-state index contributed by atoms with van der Waals surface area (Å²) in [5, 5.41) is -0.226. The summed E-state index contributed by atoms with van der Waals surface area (Å²) in [4.78, 5) is 0. The molecule has 72 valence electrons. The van der Waals surface area contributed by atoms with Crippen LogP contribution in [0.15, 0.2) is 12.8 Å². The summed E-state index contributed by atoms with van der Waals surface area (Å²) in [6.45, 7) is 2.77. The van der Waals surface area contributed by atoms with Gasteiger partial charge in [0.1, 0.15) is 0 Å². The normalized spacial score (nSPS) is 12.8. The van der Waals surface area contributed by atoms with Crippen molar-refractivity contribution in [3.63, 3.8) is 0 Å². The Morgan fingerprint density at radius 1 is 1.33 bits per heavy atom. The van der Waals surface area contributed by atoms with E-state index >= 15 is 0 Å². The molecule has 0 amide bonds. The Kier molecular flexibility index (Phi) is 4.02. The molecule has 0 saturated carbocycles. The molecule has 0 radical (unpaired) electrons. The van der Waals surface area contributed by atoms with Crippen molar-refractivity contribution in [2.75, 3.05) is 5.33 Å². The number of ether oxygens (including phenoxy) is 1. The predicted octanol–water partition coefficient (Wildman–Crippen LogP) is 3.16. The molecule has 1 nitrogen and oxygen atoms in total. The minimum atomic E-state index is -4.48. The van der Waals surface area contributed by atoms with Gasteiger partial charge >= 0.3 is 12.0 Å². The average Bonchev–Trinajstić information content (AvgIpc) is 1.86. The van der Waals surface area contributed by atoms with Crippen molar-refractivity contribution in [3.05, 3.63) is 12.8 Å². The van der Waals surface area contributed by atoms with Crippen LogP contribution in [-0.2, 0) is 4.74 Å². The Labute approximate surface area is 75.5 Å². The second kappa shape index (κ2) is 4.11. The van der Waals surface area contributed by atoms with Crippen LogP contribution in [0.4, 0.5) is 17.6 Å². The van der Waals surface area contributed by atoms with E-state index in [4.69, 9.17) is 0 Å². The van der Waals surface area contributed by atoms with Crippen molar-refractivity contribution in [1.82, 2.24) is 0 Å². The lowest BCUT2D eigenvalue weighted by Gasteiger charge is -2.24. The summed E-state index contributed by atoms with van der Waals surface area (Å²) in [6, 6.07) is 0. The molecule has 0 aliphatic heterocycles. The highest BCUT2D eigenvalue weighted by molar-refractivity contribution is 9.09. The fraction of sp³-hybridized carbons (Fsp3) is 0.667. The third-order valence-corrected chi connectivity index (χ3v) is 1.46. The lowest BCUT2D eigenvalue weighted by atomic mass is 10.2. The van der Waals surface area contributed by atoms with Crippen LogP contribution in [0.3, 0.4) is 0 Å². The monoisotopic (exact) mass is 250 g/mol. The standard InChI is InChI=1S/C6H7BrF4O/c1-2-12-6(10,11)5(8,9)3-4-7/h2H,1,3-4H2. The second-order valence-electron chi connectivity index (χ2n) is 1.94. The molecule has 12 heavy (non-hydrogen) atoms. The van der Waals surface area contributed by atoms with Crippen molar-refractivity contribution >= 4 is 15.9 Å². The van der Waals surface area contributed by atoms with Gasteiger partial charge in [0.2, 0.25) is 0 Å². The van der Waals surface area contributed by atoms with E-state index in [0.29, 0.717) is 6.26 Å².